The summed E-state index contributed by atoms with van der Waals surface area (Å²) in [6, 6.07) is 11.2. The number of ether oxygens (including phenoxy) is 2. The molecule has 0 saturated heterocycles. The van der Waals surface area contributed by atoms with E-state index in [0.717, 1.165) is 22.8 Å². The number of hydrogen-bond donors (Lipinski definition) is 1. The highest BCUT2D eigenvalue weighted by Crippen LogP contribution is 2.22. The number of pyridine rings is 1. The van der Waals surface area contributed by atoms with Gasteiger partial charge >= 0.3 is 5.97 Å². The normalized spacial score (nSPS) is 10.5. The van der Waals surface area contributed by atoms with Crippen LogP contribution in [-0.2, 0) is 4.74 Å². The molecule has 0 amide bonds. The van der Waals surface area contributed by atoms with Crippen molar-refractivity contribution < 1.29 is 14.3 Å². The number of anilines is 1. The van der Waals surface area contributed by atoms with Crippen LogP contribution in [0.15, 0.2) is 42.6 Å². The first-order valence-corrected chi connectivity index (χ1v) is 9.18. The summed E-state index contributed by atoms with van der Waals surface area (Å²) in [5.41, 5.74) is 2.95. The first-order valence-electron chi connectivity index (χ1n) is 9.18. The lowest BCUT2D eigenvalue weighted by Crippen LogP contribution is -2.02. The van der Waals surface area contributed by atoms with E-state index < -0.39 is 0 Å². The topological polar surface area (TPSA) is 64.9 Å². The van der Waals surface area contributed by atoms with Crippen molar-refractivity contribution in [2.75, 3.05) is 26.6 Å². The second-order valence-electron chi connectivity index (χ2n) is 6.04. The molecule has 3 aromatic rings. The fourth-order valence-electron chi connectivity index (χ4n) is 2.56. The van der Waals surface area contributed by atoms with Crippen molar-refractivity contribution >= 4 is 29.6 Å². The third-order valence-electron chi connectivity index (χ3n) is 3.86. The Hall–Kier alpha value is -3.28. The average Bonchev–Trinajstić information content (AvgIpc) is 3.09. The maximum absolute atomic E-state index is 11.7. The van der Waals surface area contributed by atoms with Gasteiger partial charge in [-0.25, -0.2) is 9.78 Å². The van der Waals surface area contributed by atoms with Crippen LogP contribution in [0.25, 0.3) is 17.8 Å². The standard InChI is InChI=1S/C19H19N3O3.C3H8/c1-20-18-16(9-6-13-4-7-15(24-2)8-5-13)21-17-12-14(19(23)25-3)10-11-22(17)18;1-3-2/h4-12,20H,1-3H3;3H2,1-2H3/b9-6+;. The predicted molar refractivity (Wildman–Crippen MR) is 114 cm³/mol. The molecule has 6 nitrogen and oxygen atoms in total. The van der Waals surface area contributed by atoms with Crippen LogP contribution in [0, 0.1) is 0 Å². The number of imidazole rings is 1. The number of nitrogens with one attached hydrogen (secondary N) is 1. The molecule has 0 atom stereocenters. The molecular formula is C22H27N3O3. The Morgan fingerprint density at radius 3 is 2.39 bits per heavy atom. The van der Waals surface area contributed by atoms with E-state index in [4.69, 9.17) is 9.47 Å². The van der Waals surface area contributed by atoms with Gasteiger partial charge in [-0.3, -0.25) is 4.40 Å². The number of carbonyl (C=O) groups excluding carboxylic acids is 1. The van der Waals surface area contributed by atoms with Gasteiger partial charge in [-0.2, -0.15) is 0 Å². The zero-order valence-electron chi connectivity index (χ0n) is 17.0. The van der Waals surface area contributed by atoms with Crippen molar-refractivity contribution in [3.8, 4) is 5.75 Å². The molecular weight excluding hydrogens is 354 g/mol. The van der Waals surface area contributed by atoms with Gasteiger partial charge in [0.15, 0.2) is 0 Å². The van der Waals surface area contributed by atoms with Crippen LogP contribution in [0.3, 0.4) is 0 Å². The minimum atomic E-state index is -0.383. The van der Waals surface area contributed by atoms with Gasteiger partial charge in [0.1, 0.15) is 22.9 Å². The average molecular weight is 381 g/mol. The summed E-state index contributed by atoms with van der Waals surface area (Å²) in [6.45, 7) is 4.25. The van der Waals surface area contributed by atoms with Crippen molar-refractivity contribution in [3.63, 3.8) is 0 Å². The SMILES string of the molecule is CCC.CNc1c(/C=C/c2ccc(OC)cc2)nc2cc(C(=O)OC)ccn12. The van der Waals surface area contributed by atoms with Crippen LogP contribution in [0.5, 0.6) is 5.75 Å². The predicted octanol–water partition coefficient (Wildman–Crippen LogP) is 4.76. The second-order valence-corrected chi connectivity index (χ2v) is 6.04. The number of aromatic nitrogens is 2. The summed E-state index contributed by atoms with van der Waals surface area (Å²) in [5.74, 6) is 1.28. The first kappa shape index (κ1) is 21.0. The molecule has 0 saturated carbocycles. The monoisotopic (exact) mass is 381 g/mol. The zero-order chi connectivity index (χ0) is 20.5. The molecule has 0 spiro atoms. The van der Waals surface area contributed by atoms with Gasteiger partial charge in [-0.1, -0.05) is 38.5 Å². The molecule has 1 aromatic carbocycles. The summed E-state index contributed by atoms with van der Waals surface area (Å²) < 4.78 is 11.8. The van der Waals surface area contributed by atoms with Crippen molar-refractivity contribution in [2.45, 2.75) is 20.3 Å². The molecule has 2 aromatic heterocycles. The van der Waals surface area contributed by atoms with E-state index in [9.17, 15) is 4.79 Å². The van der Waals surface area contributed by atoms with E-state index in [1.54, 1.807) is 25.4 Å². The molecule has 0 bridgehead atoms. The number of methoxy groups -OCH3 is 2. The van der Waals surface area contributed by atoms with E-state index in [0.29, 0.717) is 11.2 Å². The summed E-state index contributed by atoms with van der Waals surface area (Å²) in [4.78, 5) is 16.3. The quantitative estimate of drug-likeness (QED) is 0.646. The van der Waals surface area contributed by atoms with E-state index >= 15 is 0 Å². The molecule has 0 fully saturated rings. The number of nitrogens with zero attached hydrogens (tertiary/aromatic N) is 2. The zero-order valence-corrected chi connectivity index (χ0v) is 17.0. The molecule has 6 heteroatoms. The first-order chi connectivity index (χ1) is 13.6. The molecule has 0 aliphatic carbocycles. The number of rotatable bonds is 5. The maximum atomic E-state index is 11.7. The van der Waals surface area contributed by atoms with Crippen molar-refractivity contribution in [3.05, 3.63) is 59.4 Å². The van der Waals surface area contributed by atoms with Crippen molar-refractivity contribution in [1.29, 1.82) is 0 Å². The van der Waals surface area contributed by atoms with Crippen molar-refractivity contribution in [1.82, 2.24) is 9.38 Å². The lowest BCUT2D eigenvalue weighted by molar-refractivity contribution is 0.0600. The highest BCUT2D eigenvalue weighted by Gasteiger charge is 2.12. The van der Waals surface area contributed by atoms with Gasteiger partial charge in [-0.05, 0) is 35.9 Å². The summed E-state index contributed by atoms with van der Waals surface area (Å²) in [6.07, 6.45) is 6.95. The summed E-state index contributed by atoms with van der Waals surface area (Å²) in [5, 5.41) is 3.15. The summed E-state index contributed by atoms with van der Waals surface area (Å²) >= 11 is 0. The Morgan fingerprint density at radius 1 is 1.14 bits per heavy atom. The maximum Gasteiger partial charge on any atom is 0.338 e. The lowest BCUT2D eigenvalue weighted by atomic mass is 10.2. The fraction of sp³-hybridized carbons (Fsp3) is 0.273. The number of fused-ring (bicyclic) bond motifs is 1. The fourth-order valence-corrected chi connectivity index (χ4v) is 2.56. The third-order valence-corrected chi connectivity index (χ3v) is 3.86. The molecule has 148 valence electrons. The molecule has 3 rings (SSSR count). The van der Waals surface area contributed by atoms with E-state index in [1.165, 1.54) is 13.5 Å². The van der Waals surface area contributed by atoms with E-state index in [-0.39, 0.29) is 5.97 Å². The minimum absolute atomic E-state index is 0.383. The molecule has 1 N–H and O–H groups in total. The smallest absolute Gasteiger partial charge is 0.338 e. The van der Waals surface area contributed by atoms with Crippen LogP contribution in [-0.4, -0.2) is 36.6 Å². The lowest BCUT2D eigenvalue weighted by Gasteiger charge is -2.03. The number of hydrogen-bond acceptors (Lipinski definition) is 5. The van der Waals surface area contributed by atoms with Gasteiger partial charge in [0.25, 0.3) is 0 Å². The molecule has 2 heterocycles. The molecule has 0 unspecified atom stereocenters. The molecule has 0 aliphatic heterocycles. The van der Waals surface area contributed by atoms with Gasteiger partial charge in [0.05, 0.1) is 19.8 Å². The highest BCUT2D eigenvalue weighted by atomic mass is 16.5. The van der Waals surface area contributed by atoms with Gasteiger partial charge in [0, 0.05) is 13.2 Å². The third kappa shape index (κ3) is 4.91. The Labute approximate surface area is 165 Å². The largest absolute Gasteiger partial charge is 0.497 e. The van der Waals surface area contributed by atoms with Crippen LogP contribution < -0.4 is 10.1 Å². The minimum Gasteiger partial charge on any atom is -0.497 e. The van der Waals surface area contributed by atoms with Gasteiger partial charge in [0.2, 0.25) is 0 Å². The van der Waals surface area contributed by atoms with E-state index in [2.05, 4.69) is 24.1 Å². The second kappa shape index (κ2) is 10.2. The highest BCUT2D eigenvalue weighted by molar-refractivity contribution is 5.90. The van der Waals surface area contributed by atoms with Gasteiger partial charge < -0.3 is 14.8 Å². The number of benzene rings is 1. The van der Waals surface area contributed by atoms with Crippen LogP contribution in [0.4, 0.5) is 5.82 Å². The van der Waals surface area contributed by atoms with Gasteiger partial charge in [-0.15, -0.1) is 0 Å². The van der Waals surface area contributed by atoms with Crippen molar-refractivity contribution in [2.24, 2.45) is 0 Å². The van der Waals surface area contributed by atoms with Crippen LogP contribution in [0.2, 0.25) is 0 Å². The number of carbonyl (C=O) groups is 1. The Balaban J connectivity index is 0.000000878. The summed E-state index contributed by atoms with van der Waals surface area (Å²) in [7, 11) is 4.84. The Bertz CT molecular complexity index is 944. The number of esters is 1. The molecule has 0 radical (unpaired) electrons. The molecule has 0 aliphatic rings. The Kier molecular flexibility index (Phi) is 7.63. The molecule has 28 heavy (non-hydrogen) atoms. The van der Waals surface area contributed by atoms with Crippen LogP contribution in [0.1, 0.15) is 41.9 Å². The van der Waals surface area contributed by atoms with Crippen LogP contribution >= 0.6 is 0 Å². The Morgan fingerprint density at radius 2 is 1.82 bits per heavy atom. The van der Waals surface area contributed by atoms with E-state index in [1.807, 2.05) is 47.9 Å².